The molecule has 0 saturated carbocycles. The maximum atomic E-state index is 5.95. The van der Waals surface area contributed by atoms with E-state index in [2.05, 4.69) is 24.9 Å². The molecule has 1 heterocycles. The van der Waals surface area contributed by atoms with Crippen molar-refractivity contribution in [2.24, 2.45) is 5.92 Å². The summed E-state index contributed by atoms with van der Waals surface area (Å²) in [5, 5.41) is 0. The molecule has 0 radical (unpaired) electrons. The van der Waals surface area contributed by atoms with Gasteiger partial charge in [-0.2, -0.15) is 0 Å². The smallest absolute Gasteiger partial charge is 0.144 e. The quantitative estimate of drug-likeness (QED) is 0.813. The second-order valence-corrected chi connectivity index (χ2v) is 5.51. The van der Waals surface area contributed by atoms with Crippen LogP contribution in [0.1, 0.15) is 26.2 Å². The van der Waals surface area contributed by atoms with Crippen LogP contribution in [-0.2, 0) is 4.74 Å². The molecule has 0 bridgehead atoms. The van der Waals surface area contributed by atoms with E-state index in [4.69, 9.17) is 15.2 Å². The maximum absolute atomic E-state index is 5.95. The van der Waals surface area contributed by atoms with E-state index in [1.807, 2.05) is 12.1 Å². The molecule has 1 saturated heterocycles. The summed E-state index contributed by atoms with van der Waals surface area (Å²) in [6.45, 7) is 5.64. The van der Waals surface area contributed by atoms with Crippen molar-refractivity contribution in [3.8, 4) is 5.75 Å². The first-order chi connectivity index (χ1) is 9.70. The average molecular weight is 278 g/mol. The lowest BCUT2D eigenvalue weighted by Crippen LogP contribution is -2.29. The number of anilines is 2. The lowest BCUT2D eigenvalue weighted by molar-refractivity contribution is 0.0685. The summed E-state index contributed by atoms with van der Waals surface area (Å²) in [5.41, 5.74) is 7.83. The molecule has 4 nitrogen and oxygen atoms in total. The molecule has 2 N–H and O–H groups in total. The zero-order chi connectivity index (χ0) is 14.4. The molecule has 4 heteroatoms. The fourth-order valence-electron chi connectivity index (χ4n) is 2.52. The van der Waals surface area contributed by atoms with Crippen LogP contribution in [0.5, 0.6) is 5.75 Å². The summed E-state index contributed by atoms with van der Waals surface area (Å²) in [4.78, 5) is 2.29. The first kappa shape index (κ1) is 15.0. The van der Waals surface area contributed by atoms with E-state index in [0.717, 1.165) is 50.5 Å². The van der Waals surface area contributed by atoms with Crippen LogP contribution < -0.4 is 15.4 Å². The van der Waals surface area contributed by atoms with Crippen LogP contribution in [0, 0.1) is 5.92 Å². The van der Waals surface area contributed by atoms with Crippen molar-refractivity contribution in [3.05, 3.63) is 18.2 Å². The second kappa shape index (κ2) is 7.39. The van der Waals surface area contributed by atoms with Gasteiger partial charge in [0.2, 0.25) is 0 Å². The molecule has 112 valence electrons. The Morgan fingerprint density at radius 1 is 1.35 bits per heavy atom. The highest BCUT2D eigenvalue weighted by Gasteiger charge is 2.16. The Bertz CT molecular complexity index is 417. The van der Waals surface area contributed by atoms with Crippen LogP contribution in [0.3, 0.4) is 0 Å². The van der Waals surface area contributed by atoms with E-state index in [-0.39, 0.29) is 0 Å². The number of nitrogens with zero attached hydrogens (tertiary/aromatic N) is 1. The largest absolute Gasteiger partial charge is 0.491 e. The van der Waals surface area contributed by atoms with E-state index in [0.29, 0.717) is 18.2 Å². The van der Waals surface area contributed by atoms with Crippen LogP contribution in [-0.4, -0.2) is 33.4 Å². The second-order valence-electron chi connectivity index (χ2n) is 5.51. The van der Waals surface area contributed by atoms with Crippen LogP contribution in [0.4, 0.5) is 11.4 Å². The van der Waals surface area contributed by atoms with Gasteiger partial charge in [0.1, 0.15) is 5.75 Å². The predicted molar refractivity (Wildman–Crippen MR) is 83.5 cm³/mol. The topological polar surface area (TPSA) is 47.7 Å². The van der Waals surface area contributed by atoms with E-state index in [1.165, 1.54) is 0 Å². The van der Waals surface area contributed by atoms with Crippen LogP contribution >= 0.6 is 0 Å². The van der Waals surface area contributed by atoms with Crippen molar-refractivity contribution < 1.29 is 9.47 Å². The number of nitrogen functional groups attached to an aromatic ring is 1. The molecule has 0 amide bonds. The molecule has 0 spiro atoms. The number of benzene rings is 1. The fraction of sp³-hybridized carbons (Fsp3) is 0.625. The Kier molecular flexibility index (Phi) is 5.53. The Labute approximate surface area is 121 Å². The SMILES string of the molecule is CCCOc1cc(N(C)CC2CCOCC2)ccc1N. The molecule has 1 aromatic rings. The molecular formula is C16H26N2O2. The van der Waals surface area contributed by atoms with E-state index in [9.17, 15) is 0 Å². The molecule has 0 unspecified atom stereocenters. The third-order valence-corrected chi connectivity index (χ3v) is 3.77. The van der Waals surface area contributed by atoms with Crippen molar-refractivity contribution in [2.45, 2.75) is 26.2 Å². The number of hydrogen-bond acceptors (Lipinski definition) is 4. The van der Waals surface area contributed by atoms with E-state index in [1.54, 1.807) is 0 Å². The van der Waals surface area contributed by atoms with Gasteiger partial charge in [-0.3, -0.25) is 0 Å². The highest BCUT2D eigenvalue weighted by molar-refractivity contribution is 5.62. The lowest BCUT2D eigenvalue weighted by atomic mass is 9.99. The molecule has 0 aliphatic carbocycles. The summed E-state index contributed by atoms with van der Waals surface area (Å²) in [5.74, 6) is 1.51. The minimum absolute atomic E-state index is 0.706. The number of ether oxygens (including phenoxy) is 2. The van der Waals surface area contributed by atoms with Gasteiger partial charge in [-0.05, 0) is 37.3 Å². The summed E-state index contributed by atoms with van der Waals surface area (Å²) >= 11 is 0. The van der Waals surface area contributed by atoms with Crippen LogP contribution in [0.2, 0.25) is 0 Å². The third-order valence-electron chi connectivity index (χ3n) is 3.77. The summed E-state index contributed by atoms with van der Waals surface area (Å²) in [6.07, 6.45) is 3.29. The monoisotopic (exact) mass is 278 g/mol. The zero-order valence-electron chi connectivity index (χ0n) is 12.6. The molecule has 1 aliphatic heterocycles. The minimum atomic E-state index is 0.706. The van der Waals surface area contributed by atoms with Crippen molar-refractivity contribution in [2.75, 3.05) is 44.0 Å². The molecule has 1 aromatic carbocycles. The zero-order valence-corrected chi connectivity index (χ0v) is 12.6. The summed E-state index contributed by atoms with van der Waals surface area (Å²) in [6, 6.07) is 6.04. The first-order valence-corrected chi connectivity index (χ1v) is 7.52. The van der Waals surface area contributed by atoms with Crippen LogP contribution in [0.25, 0.3) is 0 Å². The predicted octanol–water partition coefficient (Wildman–Crippen LogP) is 2.92. The molecule has 1 fully saturated rings. The van der Waals surface area contributed by atoms with Crippen molar-refractivity contribution >= 4 is 11.4 Å². The van der Waals surface area contributed by atoms with Gasteiger partial charge >= 0.3 is 0 Å². The molecule has 0 atom stereocenters. The van der Waals surface area contributed by atoms with Gasteiger partial charge in [0.25, 0.3) is 0 Å². The third kappa shape index (κ3) is 4.04. The Morgan fingerprint density at radius 3 is 2.80 bits per heavy atom. The normalized spacial score (nSPS) is 16.1. The molecule has 0 aromatic heterocycles. The molecule has 20 heavy (non-hydrogen) atoms. The first-order valence-electron chi connectivity index (χ1n) is 7.52. The van der Waals surface area contributed by atoms with Crippen molar-refractivity contribution in [1.82, 2.24) is 0 Å². The lowest BCUT2D eigenvalue weighted by Gasteiger charge is -2.28. The molecule has 1 aliphatic rings. The Balaban J connectivity index is 1.99. The molecule has 2 rings (SSSR count). The Hall–Kier alpha value is -1.42. The highest BCUT2D eigenvalue weighted by atomic mass is 16.5. The highest BCUT2D eigenvalue weighted by Crippen LogP contribution is 2.28. The van der Waals surface area contributed by atoms with Gasteiger partial charge in [-0.25, -0.2) is 0 Å². The van der Waals surface area contributed by atoms with Gasteiger partial charge in [0.15, 0.2) is 0 Å². The van der Waals surface area contributed by atoms with Gasteiger partial charge < -0.3 is 20.1 Å². The number of hydrogen-bond donors (Lipinski definition) is 1. The minimum Gasteiger partial charge on any atom is -0.491 e. The van der Waals surface area contributed by atoms with Crippen molar-refractivity contribution in [1.29, 1.82) is 0 Å². The molecular weight excluding hydrogens is 252 g/mol. The van der Waals surface area contributed by atoms with Gasteiger partial charge in [-0.15, -0.1) is 0 Å². The number of rotatable bonds is 6. The standard InChI is InChI=1S/C16H26N2O2/c1-3-8-20-16-11-14(4-5-15(16)17)18(2)12-13-6-9-19-10-7-13/h4-5,11,13H,3,6-10,12,17H2,1-2H3. The average Bonchev–Trinajstić information content (AvgIpc) is 2.47. The number of nitrogens with two attached hydrogens (primary N) is 1. The summed E-state index contributed by atoms with van der Waals surface area (Å²) in [7, 11) is 2.13. The van der Waals surface area contributed by atoms with Gasteiger partial charge in [0, 0.05) is 38.6 Å². The van der Waals surface area contributed by atoms with Gasteiger partial charge in [0.05, 0.1) is 12.3 Å². The van der Waals surface area contributed by atoms with E-state index < -0.39 is 0 Å². The maximum Gasteiger partial charge on any atom is 0.144 e. The Morgan fingerprint density at radius 2 is 2.10 bits per heavy atom. The van der Waals surface area contributed by atoms with Gasteiger partial charge in [-0.1, -0.05) is 6.92 Å². The fourth-order valence-corrected chi connectivity index (χ4v) is 2.52. The van der Waals surface area contributed by atoms with Crippen LogP contribution in [0.15, 0.2) is 18.2 Å². The van der Waals surface area contributed by atoms with E-state index >= 15 is 0 Å². The van der Waals surface area contributed by atoms with Crippen molar-refractivity contribution in [3.63, 3.8) is 0 Å². The summed E-state index contributed by atoms with van der Waals surface area (Å²) < 4.78 is 11.1.